The summed E-state index contributed by atoms with van der Waals surface area (Å²) in [5.41, 5.74) is 0. The quantitative estimate of drug-likeness (QED) is 0.382. The molecule has 0 bridgehead atoms. The summed E-state index contributed by atoms with van der Waals surface area (Å²) in [6, 6.07) is 0. The van der Waals surface area contributed by atoms with E-state index < -0.39 is 12.2 Å². The molecule has 2 atom stereocenters. The van der Waals surface area contributed by atoms with Gasteiger partial charge in [-0.2, -0.15) is 0 Å². The van der Waals surface area contributed by atoms with Gasteiger partial charge in [0.05, 0.1) is 37.2 Å². The maximum Gasteiger partial charge on any atom is 0.108 e. The molecule has 6 heteroatoms. The Bertz CT molecular complexity index is 282. The van der Waals surface area contributed by atoms with E-state index in [1.165, 1.54) is 0 Å². The number of aliphatic hydroxyl groups excluding tert-OH is 2. The smallest absolute Gasteiger partial charge is 0.108 e. The molecular weight excluding hydrogens is 279 g/mol. The van der Waals surface area contributed by atoms with Crippen LogP contribution in [0.15, 0.2) is 0 Å². The maximum atomic E-state index is 9.04. The van der Waals surface area contributed by atoms with Crippen LogP contribution in [0.2, 0.25) is 0 Å². The lowest BCUT2D eigenvalue weighted by molar-refractivity contribution is 0.0638. The number of hydrogen-bond donors (Lipinski definition) is 2. The van der Waals surface area contributed by atoms with E-state index in [-0.39, 0.29) is 38.2 Å². The SMILES string of the molecule is OC(CCl)COCC#CC#CCOCC(O)CCl. The predicted molar refractivity (Wildman–Crippen MR) is 70.6 cm³/mol. The Balaban J connectivity index is 3.47. The minimum atomic E-state index is -0.665. The molecule has 0 aliphatic carbocycles. The summed E-state index contributed by atoms with van der Waals surface area (Å²) in [4.78, 5) is 0. The van der Waals surface area contributed by atoms with Crippen LogP contribution in [0.25, 0.3) is 0 Å². The van der Waals surface area contributed by atoms with Gasteiger partial charge in [-0.3, -0.25) is 0 Å². The van der Waals surface area contributed by atoms with E-state index in [0.717, 1.165) is 0 Å². The van der Waals surface area contributed by atoms with Crippen LogP contribution < -0.4 is 0 Å². The number of rotatable bonds is 8. The van der Waals surface area contributed by atoms with E-state index in [1.54, 1.807) is 0 Å². The van der Waals surface area contributed by atoms with E-state index in [2.05, 4.69) is 23.7 Å². The first kappa shape index (κ1) is 17.5. The van der Waals surface area contributed by atoms with Crippen LogP contribution in [0.4, 0.5) is 0 Å². The normalized spacial score (nSPS) is 12.9. The van der Waals surface area contributed by atoms with Crippen molar-refractivity contribution in [2.75, 3.05) is 38.2 Å². The number of ether oxygens (including phenoxy) is 2. The number of hydrogen-bond acceptors (Lipinski definition) is 4. The van der Waals surface area contributed by atoms with Gasteiger partial charge in [0.2, 0.25) is 0 Å². The zero-order valence-electron chi connectivity index (χ0n) is 9.86. The number of aliphatic hydroxyl groups is 2. The average molecular weight is 295 g/mol. The van der Waals surface area contributed by atoms with Crippen LogP contribution in [0.3, 0.4) is 0 Å². The Labute approximate surface area is 117 Å². The summed E-state index contributed by atoms with van der Waals surface area (Å²) < 4.78 is 10.0. The summed E-state index contributed by atoms with van der Waals surface area (Å²) in [5, 5.41) is 18.1. The molecule has 0 radical (unpaired) electrons. The second kappa shape index (κ2) is 13.0. The lowest BCUT2D eigenvalue weighted by atomic mass is 10.4. The zero-order valence-corrected chi connectivity index (χ0v) is 11.4. The first-order valence-electron chi connectivity index (χ1n) is 5.30. The van der Waals surface area contributed by atoms with Gasteiger partial charge in [-0.15, -0.1) is 23.2 Å². The molecule has 0 aromatic rings. The Morgan fingerprint density at radius 2 is 1.22 bits per heavy atom. The molecule has 0 rings (SSSR count). The van der Waals surface area contributed by atoms with Gasteiger partial charge < -0.3 is 19.7 Å². The van der Waals surface area contributed by atoms with Crippen molar-refractivity contribution in [2.45, 2.75) is 12.2 Å². The van der Waals surface area contributed by atoms with Crippen LogP contribution in [-0.2, 0) is 9.47 Å². The van der Waals surface area contributed by atoms with Gasteiger partial charge in [0, 0.05) is 0 Å². The number of alkyl halides is 2. The van der Waals surface area contributed by atoms with Crippen molar-refractivity contribution in [3.05, 3.63) is 0 Å². The van der Waals surface area contributed by atoms with Gasteiger partial charge in [-0.05, 0) is 11.8 Å². The molecule has 2 unspecified atom stereocenters. The van der Waals surface area contributed by atoms with E-state index >= 15 is 0 Å². The molecule has 0 saturated carbocycles. The van der Waals surface area contributed by atoms with Crippen molar-refractivity contribution in [1.82, 2.24) is 0 Å². The summed E-state index contributed by atoms with van der Waals surface area (Å²) >= 11 is 10.7. The molecule has 0 amide bonds. The van der Waals surface area contributed by atoms with Crippen LogP contribution in [0.1, 0.15) is 0 Å². The molecule has 0 aliphatic rings. The molecule has 0 aromatic heterocycles. The lowest BCUT2D eigenvalue weighted by Gasteiger charge is -2.04. The Morgan fingerprint density at radius 1 is 0.833 bits per heavy atom. The standard InChI is InChI=1S/C12H16Cl2O4/c13-7-11(15)9-17-5-3-1-2-4-6-18-10-12(16)8-14/h11-12,15-16H,5-10H2. The van der Waals surface area contributed by atoms with Gasteiger partial charge in [0.1, 0.15) is 13.2 Å². The monoisotopic (exact) mass is 294 g/mol. The van der Waals surface area contributed by atoms with Crippen molar-refractivity contribution in [3.63, 3.8) is 0 Å². The van der Waals surface area contributed by atoms with E-state index in [1.807, 2.05) is 0 Å². The molecule has 0 aromatic carbocycles. The number of halogens is 2. The van der Waals surface area contributed by atoms with Crippen molar-refractivity contribution in [2.24, 2.45) is 0 Å². The summed E-state index contributed by atoms with van der Waals surface area (Å²) in [5.74, 6) is 10.7. The minimum Gasteiger partial charge on any atom is -0.389 e. The van der Waals surface area contributed by atoms with Crippen molar-refractivity contribution >= 4 is 23.2 Å². The van der Waals surface area contributed by atoms with Crippen molar-refractivity contribution in [1.29, 1.82) is 0 Å². The second-order valence-electron chi connectivity index (χ2n) is 3.25. The van der Waals surface area contributed by atoms with E-state index in [9.17, 15) is 0 Å². The van der Waals surface area contributed by atoms with Gasteiger partial charge in [0.15, 0.2) is 0 Å². The van der Waals surface area contributed by atoms with Gasteiger partial charge >= 0.3 is 0 Å². The van der Waals surface area contributed by atoms with Gasteiger partial charge in [0.25, 0.3) is 0 Å². The predicted octanol–water partition coefficient (Wildman–Crippen LogP) is 0.226. The average Bonchev–Trinajstić information content (AvgIpc) is 2.40. The Morgan fingerprint density at radius 3 is 1.56 bits per heavy atom. The molecule has 0 saturated heterocycles. The molecular formula is C12H16Cl2O4. The van der Waals surface area contributed by atoms with Crippen LogP contribution in [0, 0.1) is 23.7 Å². The molecule has 102 valence electrons. The summed E-state index contributed by atoms with van der Waals surface area (Å²) in [7, 11) is 0. The third-order valence-electron chi connectivity index (χ3n) is 1.56. The molecule has 4 nitrogen and oxygen atoms in total. The highest BCUT2D eigenvalue weighted by atomic mass is 35.5. The maximum absolute atomic E-state index is 9.04. The highest BCUT2D eigenvalue weighted by Crippen LogP contribution is 1.88. The highest BCUT2D eigenvalue weighted by molar-refractivity contribution is 6.18. The minimum absolute atomic E-state index is 0.138. The molecule has 0 aliphatic heterocycles. The fraction of sp³-hybridized carbons (Fsp3) is 0.667. The van der Waals surface area contributed by atoms with Crippen LogP contribution in [0.5, 0.6) is 0 Å². The summed E-state index contributed by atoms with van der Waals surface area (Å²) in [6.07, 6.45) is -1.33. The Kier molecular flexibility index (Phi) is 12.7. The van der Waals surface area contributed by atoms with Gasteiger partial charge in [-0.1, -0.05) is 11.8 Å². The van der Waals surface area contributed by atoms with Crippen LogP contribution >= 0.6 is 23.2 Å². The second-order valence-corrected chi connectivity index (χ2v) is 3.87. The third-order valence-corrected chi connectivity index (χ3v) is 2.28. The van der Waals surface area contributed by atoms with Crippen molar-refractivity contribution in [3.8, 4) is 23.7 Å². The Hall–Kier alpha value is -0.460. The van der Waals surface area contributed by atoms with E-state index in [4.69, 9.17) is 42.9 Å². The largest absolute Gasteiger partial charge is 0.389 e. The molecule has 0 spiro atoms. The third kappa shape index (κ3) is 12.0. The fourth-order valence-corrected chi connectivity index (χ4v) is 0.920. The first-order chi connectivity index (χ1) is 8.70. The fourth-order valence-electron chi connectivity index (χ4n) is 0.742. The van der Waals surface area contributed by atoms with E-state index in [0.29, 0.717) is 0 Å². The zero-order chi connectivity index (χ0) is 13.6. The molecule has 0 fully saturated rings. The first-order valence-corrected chi connectivity index (χ1v) is 6.36. The van der Waals surface area contributed by atoms with Crippen LogP contribution in [-0.4, -0.2) is 60.6 Å². The topological polar surface area (TPSA) is 58.9 Å². The molecule has 2 N–H and O–H groups in total. The van der Waals surface area contributed by atoms with Gasteiger partial charge in [-0.25, -0.2) is 0 Å². The lowest BCUT2D eigenvalue weighted by Crippen LogP contribution is -2.16. The summed E-state index contributed by atoms with van der Waals surface area (Å²) in [6.45, 7) is 0.693. The highest BCUT2D eigenvalue weighted by Gasteiger charge is 1.99. The molecule has 18 heavy (non-hydrogen) atoms. The molecule has 0 heterocycles. The van der Waals surface area contributed by atoms with Crippen molar-refractivity contribution < 1.29 is 19.7 Å².